The van der Waals surface area contributed by atoms with E-state index in [2.05, 4.69) is 25.7 Å². The van der Waals surface area contributed by atoms with Gasteiger partial charge in [-0.15, -0.1) is 0 Å². The minimum Gasteiger partial charge on any atom is -0.384 e. The molecule has 1 fully saturated rings. The van der Waals surface area contributed by atoms with E-state index in [4.69, 9.17) is 4.74 Å². The molecule has 1 aliphatic carbocycles. The fraction of sp³-hybridized carbons (Fsp3) is 0.389. The van der Waals surface area contributed by atoms with Crippen molar-refractivity contribution in [1.82, 2.24) is 19.2 Å². The number of alkyl halides is 3. The van der Waals surface area contributed by atoms with Gasteiger partial charge in [-0.3, -0.25) is 0 Å². The van der Waals surface area contributed by atoms with E-state index in [1.54, 1.807) is 18.2 Å². The molecule has 1 aromatic carbocycles. The molecule has 2 N–H and O–H groups in total. The van der Waals surface area contributed by atoms with E-state index in [-0.39, 0.29) is 30.2 Å². The summed E-state index contributed by atoms with van der Waals surface area (Å²) in [6.45, 7) is 0.0117. The van der Waals surface area contributed by atoms with Crippen molar-refractivity contribution in [3.63, 3.8) is 0 Å². The number of rotatable bonds is 8. The average molecular weight is 456 g/mol. The van der Waals surface area contributed by atoms with Crippen molar-refractivity contribution in [2.45, 2.75) is 25.1 Å². The summed E-state index contributed by atoms with van der Waals surface area (Å²) in [6.07, 6.45) is -0.956. The molecular formula is C18H19F3N6O3S. The van der Waals surface area contributed by atoms with E-state index in [0.717, 1.165) is 23.1 Å². The van der Waals surface area contributed by atoms with E-state index < -0.39 is 21.8 Å². The van der Waals surface area contributed by atoms with Crippen LogP contribution in [0.5, 0.6) is 0 Å². The summed E-state index contributed by atoms with van der Waals surface area (Å²) >= 11 is 0. The topological polar surface area (TPSA) is 111 Å². The third-order valence-electron chi connectivity index (χ3n) is 4.65. The number of nitrogens with one attached hydrogen (secondary N) is 2. The van der Waals surface area contributed by atoms with Crippen molar-refractivity contribution in [3.05, 3.63) is 36.2 Å². The lowest BCUT2D eigenvalue weighted by molar-refractivity contribution is -0.137. The Balaban J connectivity index is 1.67. The third-order valence-corrected chi connectivity index (χ3v) is 6.15. The number of halogens is 3. The number of benzene rings is 1. The Morgan fingerprint density at radius 3 is 2.71 bits per heavy atom. The van der Waals surface area contributed by atoms with Crippen LogP contribution < -0.4 is 10.6 Å². The zero-order valence-corrected chi connectivity index (χ0v) is 17.2. The molecule has 4 rings (SSSR count). The zero-order chi connectivity index (χ0) is 22.2. The molecule has 0 aliphatic heterocycles. The predicted molar refractivity (Wildman–Crippen MR) is 108 cm³/mol. The largest absolute Gasteiger partial charge is 0.421 e. The smallest absolute Gasteiger partial charge is 0.384 e. The summed E-state index contributed by atoms with van der Waals surface area (Å²) in [4.78, 5) is 7.79. The Kier molecular flexibility index (Phi) is 5.47. The summed E-state index contributed by atoms with van der Waals surface area (Å²) in [5.74, 6) is -0.605. The second-order valence-electron chi connectivity index (χ2n) is 7.03. The van der Waals surface area contributed by atoms with Gasteiger partial charge in [-0.1, -0.05) is 6.07 Å². The quantitative estimate of drug-likeness (QED) is 0.532. The van der Waals surface area contributed by atoms with Gasteiger partial charge in [0.2, 0.25) is 5.95 Å². The fourth-order valence-corrected chi connectivity index (χ4v) is 4.13. The fourth-order valence-electron chi connectivity index (χ4n) is 2.93. The SMILES string of the molecule is COCCS(=O)(=O)n1ncc2c(Nc3ncc(C(F)(F)F)c(NC4CC4)n3)cccc21. The molecule has 1 aliphatic rings. The molecule has 31 heavy (non-hydrogen) atoms. The number of methoxy groups -OCH3 is 1. The lowest BCUT2D eigenvalue weighted by Gasteiger charge is -2.14. The van der Waals surface area contributed by atoms with Crippen LogP contribution in [0.4, 0.5) is 30.6 Å². The molecule has 0 atom stereocenters. The molecule has 2 aromatic heterocycles. The van der Waals surface area contributed by atoms with Gasteiger partial charge in [-0.25, -0.2) is 13.4 Å². The number of fused-ring (bicyclic) bond motifs is 1. The maximum absolute atomic E-state index is 13.3. The van der Waals surface area contributed by atoms with Crippen LogP contribution >= 0.6 is 0 Å². The van der Waals surface area contributed by atoms with Crippen LogP contribution in [0.15, 0.2) is 30.6 Å². The first kappa shape index (κ1) is 21.3. The monoisotopic (exact) mass is 456 g/mol. The van der Waals surface area contributed by atoms with Gasteiger partial charge in [-0.2, -0.15) is 27.3 Å². The van der Waals surface area contributed by atoms with Crippen molar-refractivity contribution >= 4 is 38.4 Å². The summed E-state index contributed by atoms with van der Waals surface area (Å²) in [5.41, 5.74) is -0.229. The Labute approximate surface area is 175 Å². The summed E-state index contributed by atoms with van der Waals surface area (Å²) < 4.78 is 70.5. The van der Waals surface area contributed by atoms with Crippen LogP contribution in [0.25, 0.3) is 10.9 Å². The van der Waals surface area contributed by atoms with E-state index in [1.165, 1.54) is 13.3 Å². The van der Waals surface area contributed by atoms with Gasteiger partial charge in [0.15, 0.2) is 0 Å². The standard InChI is InChI=1S/C18H19F3N6O3S/c1-30-7-8-31(28,29)27-15-4-2-3-14(12(15)9-23-27)25-17-22-10-13(18(19,20)21)16(26-17)24-11-5-6-11/h2-4,9-11H,5-8H2,1H3,(H2,22,24,25,26). The van der Waals surface area contributed by atoms with Crippen LogP contribution in [0.2, 0.25) is 0 Å². The van der Waals surface area contributed by atoms with Crippen molar-refractivity contribution < 1.29 is 26.3 Å². The van der Waals surface area contributed by atoms with E-state index >= 15 is 0 Å². The maximum atomic E-state index is 13.3. The lowest BCUT2D eigenvalue weighted by atomic mass is 10.2. The average Bonchev–Trinajstić information content (AvgIpc) is 3.39. The molecule has 3 aromatic rings. The number of hydrogen-bond acceptors (Lipinski definition) is 8. The molecule has 0 radical (unpaired) electrons. The second-order valence-corrected chi connectivity index (χ2v) is 8.95. The Bertz CT molecular complexity index is 1210. The Morgan fingerprint density at radius 1 is 1.26 bits per heavy atom. The van der Waals surface area contributed by atoms with Gasteiger partial charge >= 0.3 is 6.18 Å². The molecule has 0 unspecified atom stereocenters. The number of nitrogens with zero attached hydrogens (tertiary/aromatic N) is 4. The van der Waals surface area contributed by atoms with Gasteiger partial charge in [0.25, 0.3) is 10.0 Å². The van der Waals surface area contributed by atoms with Gasteiger partial charge in [0.1, 0.15) is 11.4 Å². The van der Waals surface area contributed by atoms with Crippen LogP contribution in [-0.2, 0) is 20.9 Å². The molecule has 0 spiro atoms. The molecule has 13 heteroatoms. The van der Waals surface area contributed by atoms with Crippen molar-refractivity contribution in [2.75, 3.05) is 30.1 Å². The van der Waals surface area contributed by atoms with Gasteiger partial charge in [-0.05, 0) is 25.0 Å². The third kappa shape index (κ3) is 4.56. The molecule has 0 saturated heterocycles. The highest BCUT2D eigenvalue weighted by atomic mass is 32.2. The van der Waals surface area contributed by atoms with E-state index in [1.807, 2.05) is 0 Å². The molecular weight excluding hydrogens is 437 g/mol. The molecule has 1 saturated carbocycles. The summed E-state index contributed by atoms with van der Waals surface area (Å²) in [6, 6.07) is 4.77. The van der Waals surface area contributed by atoms with Crippen LogP contribution in [0.3, 0.4) is 0 Å². The van der Waals surface area contributed by atoms with Crippen molar-refractivity contribution in [1.29, 1.82) is 0 Å². The van der Waals surface area contributed by atoms with E-state index in [9.17, 15) is 21.6 Å². The Hall–Kier alpha value is -2.93. The highest BCUT2D eigenvalue weighted by Gasteiger charge is 2.37. The number of aromatic nitrogens is 4. The minimum absolute atomic E-state index is 0.0117. The first-order valence-corrected chi connectivity index (χ1v) is 11.0. The van der Waals surface area contributed by atoms with Crippen molar-refractivity contribution in [2.24, 2.45) is 0 Å². The molecule has 166 valence electrons. The first-order chi connectivity index (χ1) is 14.7. The second kappa shape index (κ2) is 7.96. The van der Waals surface area contributed by atoms with Crippen molar-refractivity contribution in [3.8, 4) is 0 Å². The Morgan fingerprint density at radius 2 is 2.03 bits per heavy atom. The maximum Gasteiger partial charge on any atom is 0.421 e. The zero-order valence-electron chi connectivity index (χ0n) is 16.3. The van der Waals surface area contributed by atoms with Gasteiger partial charge in [0.05, 0.1) is 29.8 Å². The predicted octanol–water partition coefficient (Wildman–Crippen LogP) is 2.99. The highest BCUT2D eigenvalue weighted by molar-refractivity contribution is 7.90. The number of anilines is 3. The normalized spacial score (nSPS) is 14.7. The number of hydrogen-bond donors (Lipinski definition) is 2. The molecule has 0 amide bonds. The first-order valence-electron chi connectivity index (χ1n) is 9.36. The van der Waals surface area contributed by atoms with Gasteiger partial charge < -0.3 is 15.4 Å². The number of ether oxygens (including phenoxy) is 1. The molecule has 2 heterocycles. The summed E-state index contributed by atoms with van der Waals surface area (Å²) in [5, 5.41) is 10.1. The van der Waals surface area contributed by atoms with E-state index in [0.29, 0.717) is 16.6 Å². The lowest BCUT2D eigenvalue weighted by Crippen LogP contribution is -2.20. The van der Waals surface area contributed by atoms with Crippen LogP contribution in [-0.4, -0.2) is 53.1 Å². The van der Waals surface area contributed by atoms with Crippen LogP contribution in [0, 0.1) is 0 Å². The van der Waals surface area contributed by atoms with Crippen LogP contribution in [0.1, 0.15) is 18.4 Å². The van der Waals surface area contributed by atoms with Gasteiger partial charge in [0, 0.05) is 24.7 Å². The highest BCUT2D eigenvalue weighted by Crippen LogP contribution is 2.36. The molecule has 0 bridgehead atoms. The molecule has 9 nitrogen and oxygen atoms in total. The minimum atomic E-state index is -4.59. The summed E-state index contributed by atoms with van der Waals surface area (Å²) in [7, 11) is -2.35.